The number of nitrogens with zero attached hydrogens (tertiary/aromatic N) is 1. The lowest BCUT2D eigenvalue weighted by atomic mass is 10.1. The number of anilines is 2. The second kappa shape index (κ2) is 8.78. The Morgan fingerprint density at radius 2 is 1.61 bits per heavy atom. The van der Waals surface area contributed by atoms with Crippen molar-refractivity contribution < 1.29 is 22.7 Å². The highest BCUT2D eigenvalue weighted by atomic mass is 32.2. The lowest BCUT2D eigenvalue weighted by molar-refractivity contribution is -0.122. The number of rotatable bonds is 5. The molecule has 7 nitrogen and oxygen atoms in total. The van der Waals surface area contributed by atoms with Gasteiger partial charge in [-0.3, -0.25) is 9.10 Å². The fourth-order valence-electron chi connectivity index (χ4n) is 3.70. The SMILES string of the molecule is COc1ccc(C)cc1NC(=O)[C@H]1CN(S(=O)(=O)c2ccc(C)cc2)c2cc(C)ccc2O1. The van der Waals surface area contributed by atoms with E-state index in [9.17, 15) is 13.2 Å². The second-order valence-corrected chi connectivity index (χ2v) is 9.98. The van der Waals surface area contributed by atoms with Crippen LogP contribution in [-0.2, 0) is 14.8 Å². The number of nitrogens with one attached hydrogen (secondary N) is 1. The molecule has 1 N–H and O–H groups in total. The Morgan fingerprint density at radius 3 is 2.30 bits per heavy atom. The van der Waals surface area contributed by atoms with Crippen LogP contribution in [0.2, 0.25) is 0 Å². The molecule has 1 heterocycles. The Balaban J connectivity index is 1.70. The normalized spacial score (nSPS) is 15.4. The third-order valence-corrected chi connectivity index (χ3v) is 7.29. The molecule has 172 valence electrons. The maximum Gasteiger partial charge on any atom is 0.267 e. The fourth-order valence-corrected chi connectivity index (χ4v) is 5.16. The summed E-state index contributed by atoms with van der Waals surface area (Å²) in [5.41, 5.74) is 3.69. The first-order valence-corrected chi connectivity index (χ1v) is 12.0. The van der Waals surface area contributed by atoms with Gasteiger partial charge in [0, 0.05) is 0 Å². The summed E-state index contributed by atoms with van der Waals surface area (Å²) < 4.78 is 39.7. The number of fused-ring (bicyclic) bond motifs is 1. The van der Waals surface area contributed by atoms with Crippen molar-refractivity contribution in [1.29, 1.82) is 0 Å². The smallest absolute Gasteiger partial charge is 0.267 e. The van der Waals surface area contributed by atoms with Crippen molar-refractivity contribution in [3.8, 4) is 11.5 Å². The summed E-state index contributed by atoms with van der Waals surface area (Å²) in [5.74, 6) is 0.373. The summed E-state index contributed by atoms with van der Waals surface area (Å²) in [7, 11) is -2.40. The van der Waals surface area contributed by atoms with E-state index in [0.717, 1.165) is 16.7 Å². The number of carbonyl (C=O) groups is 1. The van der Waals surface area contributed by atoms with Gasteiger partial charge in [0.15, 0.2) is 6.10 Å². The number of hydrogen-bond acceptors (Lipinski definition) is 5. The van der Waals surface area contributed by atoms with Crippen molar-refractivity contribution in [3.63, 3.8) is 0 Å². The molecule has 0 spiro atoms. The van der Waals surface area contributed by atoms with Crippen LogP contribution in [0.25, 0.3) is 0 Å². The number of sulfonamides is 1. The summed E-state index contributed by atoms with van der Waals surface area (Å²) in [5, 5.41) is 2.82. The average molecular weight is 467 g/mol. The monoisotopic (exact) mass is 466 g/mol. The molecule has 0 aliphatic carbocycles. The minimum absolute atomic E-state index is 0.155. The van der Waals surface area contributed by atoms with Crippen LogP contribution >= 0.6 is 0 Å². The van der Waals surface area contributed by atoms with Crippen LogP contribution in [0.15, 0.2) is 65.6 Å². The first-order chi connectivity index (χ1) is 15.7. The van der Waals surface area contributed by atoms with Gasteiger partial charge in [-0.25, -0.2) is 8.42 Å². The molecule has 1 aliphatic heterocycles. The van der Waals surface area contributed by atoms with Crippen molar-refractivity contribution in [2.45, 2.75) is 31.8 Å². The van der Waals surface area contributed by atoms with Gasteiger partial charge in [0.1, 0.15) is 11.5 Å². The zero-order valence-electron chi connectivity index (χ0n) is 19.0. The van der Waals surface area contributed by atoms with Crippen LogP contribution in [0.4, 0.5) is 11.4 Å². The highest BCUT2D eigenvalue weighted by Gasteiger charge is 2.38. The number of hydrogen-bond donors (Lipinski definition) is 1. The van der Waals surface area contributed by atoms with E-state index >= 15 is 0 Å². The Hall–Kier alpha value is -3.52. The molecule has 0 saturated heterocycles. The first-order valence-electron chi connectivity index (χ1n) is 10.5. The van der Waals surface area contributed by atoms with Crippen LogP contribution < -0.4 is 19.1 Å². The molecule has 0 saturated carbocycles. The molecular formula is C25H26N2O5S. The van der Waals surface area contributed by atoms with Crippen molar-refractivity contribution >= 4 is 27.3 Å². The molecule has 3 aromatic carbocycles. The third-order valence-electron chi connectivity index (χ3n) is 5.50. The Labute approximate surface area is 194 Å². The maximum atomic E-state index is 13.6. The van der Waals surface area contributed by atoms with Gasteiger partial charge in [0.05, 0.1) is 29.9 Å². The van der Waals surface area contributed by atoms with E-state index in [-0.39, 0.29) is 11.4 Å². The molecule has 0 bridgehead atoms. The van der Waals surface area contributed by atoms with Gasteiger partial charge in [-0.1, -0.05) is 29.8 Å². The lowest BCUT2D eigenvalue weighted by Gasteiger charge is -2.35. The number of benzene rings is 3. The Bertz CT molecular complexity index is 1300. The molecule has 0 aromatic heterocycles. The first kappa shape index (κ1) is 22.7. The number of carbonyl (C=O) groups excluding carboxylic acids is 1. The highest BCUT2D eigenvalue weighted by Crippen LogP contribution is 2.38. The maximum absolute atomic E-state index is 13.6. The molecule has 4 rings (SSSR count). The zero-order valence-corrected chi connectivity index (χ0v) is 19.8. The minimum atomic E-state index is -3.92. The van der Waals surface area contributed by atoms with E-state index in [1.807, 2.05) is 32.9 Å². The van der Waals surface area contributed by atoms with Crippen molar-refractivity contribution in [2.24, 2.45) is 0 Å². The predicted molar refractivity (Wildman–Crippen MR) is 128 cm³/mol. The Kier molecular flexibility index (Phi) is 6.03. The molecule has 33 heavy (non-hydrogen) atoms. The van der Waals surface area contributed by atoms with E-state index in [1.54, 1.807) is 48.5 Å². The van der Waals surface area contributed by atoms with Crippen molar-refractivity contribution in [2.75, 3.05) is 23.3 Å². The zero-order chi connectivity index (χ0) is 23.8. The molecule has 8 heteroatoms. The Morgan fingerprint density at radius 1 is 0.970 bits per heavy atom. The largest absolute Gasteiger partial charge is 0.495 e. The standard InChI is InChI=1S/C25H26N2O5S/c1-16-5-9-19(10-6-16)33(29,30)27-15-24(32-23-12-8-18(3)14-21(23)27)25(28)26-20-13-17(2)7-11-22(20)31-4/h5-14,24H,15H2,1-4H3,(H,26,28)/t24-/m1/s1. The van der Waals surface area contributed by atoms with Gasteiger partial charge in [-0.2, -0.15) is 0 Å². The van der Waals surface area contributed by atoms with Gasteiger partial charge in [0.2, 0.25) is 0 Å². The van der Waals surface area contributed by atoms with Gasteiger partial charge in [0.25, 0.3) is 15.9 Å². The molecule has 3 aromatic rings. The fraction of sp³-hybridized carbons (Fsp3) is 0.240. The van der Waals surface area contributed by atoms with Crippen molar-refractivity contribution in [1.82, 2.24) is 0 Å². The summed E-state index contributed by atoms with van der Waals surface area (Å²) >= 11 is 0. The van der Waals surface area contributed by atoms with Crippen LogP contribution in [0.3, 0.4) is 0 Å². The topological polar surface area (TPSA) is 84.9 Å². The molecule has 1 aliphatic rings. The van der Waals surface area contributed by atoms with E-state index in [2.05, 4.69) is 5.32 Å². The van der Waals surface area contributed by atoms with Gasteiger partial charge in [-0.05, 0) is 68.3 Å². The van der Waals surface area contributed by atoms with E-state index in [4.69, 9.17) is 9.47 Å². The molecule has 0 unspecified atom stereocenters. The second-order valence-electron chi connectivity index (χ2n) is 8.12. The number of ether oxygens (including phenoxy) is 2. The van der Waals surface area contributed by atoms with Crippen LogP contribution in [0, 0.1) is 20.8 Å². The number of aryl methyl sites for hydroxylation is 3. The van der Waals surface area contributed by atoms with Crippen LogP contribution in [0.5, 0.6) is 11.5 Å². The summed E-state index contributed by atoms with van der Waals surface area (Å²) in [6.45, 7) is 5.51. The summed E-state index contributed by atoms with van der Waals surface area (Å²) in [6, 6.07) is 17.3. The predicted octanol–water partition coefficient (Wildman–Crippen LogP) is 4.22. The summed E-state index contributed by atoms with van der Waals surface area (Å²) in [4.78, 5) is 13.3. The van der Waals surface area contributed by atoms with Gasteiger partial charge < -0.3 is 14.8 Å². The van der Waals surface area contributed by atoms with E-state index in [1.165, 1.54) is 11.4 Å². The quantitative estimate of drug-likeness (QED) is 0.609. The summed E-state index contributed by atoms with van der Waals surface area (Å²) in [6.07, 6.45) is -1.05. The van der Waals surface area contributed by atoms with Crippen LogP contribution in [0.1, 0.15) is 16.7 Å². The average Bonchev–Trinajstić information content (AvgIpc) is 2.78. The molecule has 1 amide bonds. The van der Waals surface area contributed by atoms with Gasteiger partial charge >= 0.3 is 0 Å². The molecule has 1 atom stereocenters. The number of methoxy groups -OCH3 is 1. The highest BCUT2D eigenvalue weighted by molar-refractivity contribution is 7.92. The van der Waals surface area contributed by atoms with E-state index < -0.39 is 22.0 Å². The molecular weight excluding hydrogens is 440 g/mol. The van der Waals surface area contributed by atoms with Crippen molar-refractivity contribution in [3.05, 3.63) is 77.4 Å². The lowest BCUT2D eigenvalue weighted by Crippen LogP contribution is -2.48. The van der Waals surface area contributed by atoms with Crippen LogP contribution in [-0.4, -0.2) is 34.1 Å². The van der Waals surface area contributed by atoms with Gasteiger partial charge in [-0.15, -0.1) is 0 Å². The molecule has 0 fully saturated rings. The number of amides is 1. The minimum Gasteiger partial charge on any atom is -0.495 e. The third kappa shape index (κ3) is 4.52. The van der Waals surface area contributed by atoms with E-state index in [0.29, 0.717) is 22.9 Å². The molecule has 0 radical (unpaired) electrons.